The normalized spacial score (nSPS) is 18.8. The number of anilines is 1. The van der Waals surface area contributed by atoms with E-state index in [9.17, 15) is 9.59 Å². The third-order valence-corrected chi connectivity index (χ3v) is 6.36. The minimum Gasteiger partial charge on any atom is -0.337 e. The summed E-state index contributed by atoms with van der Waals surface area (Å²) in [5, 5.41) is 7.13. The number of pyridine rings is 1. The van der Waals surface area contributed by atoms with Crippen molar-refractivity contribution >= 4 is 17.5 Å². The van der Waals surface area contributed by atoms with Gasteiger partial charge in [-0.1, -0.05) is 18.2 Å². The molecule has 1 aromatic carbocycles. The summed E-state index contributed by atoms with van der Waals surface area (Å²) in [6.07, 6.45) is 5.67. The first-order chi connectivity index (χ1) is 15.1. The molecule has 2 aliphatic rings. The Kier molecular flexibility index (Phi) is 5.02. The third kappa shape index (κ3) is 3.60. The molecule has 158 valence electrons. The van der Waals surface area contributed by atoms with E-state index >= 15 is 0 Å². The second-order valence-corrected chi connectivity index (χ2v) is 8.36. The summed E-state index contributed by atoms with van der Waals surface area (Å²) in [6, 6.07) is 13.8. The fourth-order valence-corrected chi connectivity index (χ4v) is 4.70. The van der Waals surface area contributed by atoms with Crippen molar-refractivity contribution in [2.45, 2.75) is 32.2 Å². The van der Waals surface area contributed by atoms with Crippen molar-refractivity contribution in [1.29, 1.82) is 0 Å². The molecule has 0 saturated carbocycles. The zero-order valence-electron chi connectivity index (χ0n) is 17.5. The van der Waals surface area contributed by atoms with Gasteiger partial charge in [-0.3, -0.25) is 19.7 Å². The number of benzene rings is 1. The highest BCUT2D eigenvalue weighted by atomic mass is 16.2. The van der Waals surface area contributed by atoms with Gasteiger partial charge >= 0.3 is 0 Å². The van der Waals surface area contributed by atoms with Crippen LogP contribution in [0.15, 0.2) is 54.9 Å². The number of H-pyrrole nitrogens is 1. The van der Waals surface area contributed by atoms with Gasteiger partial charge in [-0.15, -0.1) is 0 Å². The smallest absolute Gasteiger partial charge is 0.271 e. The van der Waals surface area contributed by atoms with Crippen LogP contribution in [0.5, 0.6) is 0 Å². The first-order valence-electron chi connectivity index (χ1n) is 10.8. The maximum atomic E-state index is 13.3. The van der Waals surface area contributed by atoms with Crippen LogP contribution in [0, 0.1) is 5.92 Å². The summed E-state index contributed by atoms with van der Waals surface area (Å²) in [5.74, 6) is 0.0662. The minimum absolute atomic E-state index is 0.0493. The molecule has 4 heterocycles. The number of aromatic amines is 1. The Morgan fingerprint density at radius 3 is 2.58 bits per heavy atom. The van der Waals surface area contributed by atoms with E-state index in [0.717, 1.165) is 23.4 Å². The van der Waals surface area contributed by atoms with Crippen LogP contribution in [-0.4, -0.2) is 51.0 Å². The Morgan fingerprint density at radius 2 is 1.81 bits per heavy atom. The first-order valence-corrected chi connectivity index (χ1v) is 10.8. The topological polar surface area (TPSA) is 82.2 Å². The summed E-state index contributed by atoms with van der Waals surface area (Å²) in [5.41, 5.74) is 4.38. The van der Waals surface area contributed by atoms with Gasteiger partial charge in [0.05, 0.1) is 5.69 Å². The summed E-state index contributed by atoms with van der Waals surface area (Å²) >= 11 is 0. The van der Waals surface area contributed by atoms with Crippen molar-refractivity contribution in [3.63, 3.8) is 0 Å². The average molecular weight is 415 g/mol. The summed E-state index contributed by atoms with van der Waals surface area (Å²) in [6.45, 7) is 3.25. The van der Waals surface area contributed by atoms with Crippen LogP contribution in [0.4, 0.5) is 5.69 Å². The number of amides is 2. The molecule has 5 rings (SSSR count). The molecule has 2 amide bonds. The molecule has 0 bridgehead atoms. The zero-order chi connectivity index (χ0) is 21.4. The number of aromatic nitrogens is 3. The predicted octanol–water partition coefficient (Wildman–Crippen LogP) is 3.30. The van der Waals surface area contributed by atoms with Gasteiger partial charge in [0.15, 0.2) is 0 Å². The van der Waals surface area contributed by atoms with E-state index in [0.29, 0.717) is 31.6 Å². The zero-order valence-corrected chi connectivity index (χ0v) is 17.5. The number of rotatable bonds is 3. The largest absolute Gasteiger partial charge is 0.337 e. The number of para-hydroxylation sites is 1. The molecule has 7 heteroatoms. The van der Waals surface area contributed by atoms with E-state index in [1.54, 1.807) is 18.5 Å². The van der Waals surface area contributed by atoms with E-state index < -0.39 is 0 Å². The first kappa shape index (κ1) is 19.5. The van der Waals surface area contributed by atoms with E-state index in [2.05, 4.69) is 28.2 Å². The molecule has 1 fully saturated rings. The number of carbonyl (C=O) groups excluding carboxylic acids is 2. The van der Waals surface area contributed by atoms with E-state index in [1.165, 1.54) is 5.56 Å². The Morgan fingerprint density at radius 1 is 1.06 bits per heavy atom. The maximum Gasteiger partial charge on any atom is 0.271 e. The number of hydrogen-bond acceptors (Lipinski definition) is 4. The number of hydrogen-bond donors (Lipinski definition) is 1. The Labute approximate surface area is 181 Å². The molecule has 1 atom stereocenters. The highest BCUT2D eigenvalue weighted by Crippen LogP contribution is 2.34. The second kappa shape index (κ2) is 7.98. The SMILES string of the molecule is CC1Cc2ccccc2N1C(=O)C1CCN(C(=O)c2cc(-c3ccncc3)n[nH]2)CC1. The molecular weight excluding hydrogens is 390 g/mol. The van der Waals surface area contributed by atoms with Crippen LogP contribution in [0.25, 0.3) is 11.3 Å². The van der Waals surface area contributed by atoms with Gasteiger partial charge in [0.25, 0.3) is 5.91 Å². The van der Waals surface area contributed by atoms with Crippen LogP contribution >= 0.6 is 0 Å². The lowest BCUT2D eigenvalue weighted by Gasteiger charge is -2.34. The molecule has 3 aromatic rings. The van der Waals surface area contributed by atoms with Crippen molar-refractivity contribution in [2.75, 3.05) is 18.0 Å². The van der Waals surface area contributed by atoms with Crippen molar-refractivity contribution in [3.8, 4) is 11.3 Å². The second-order valence-electron chi connectivity index (χ2n) is 8.36. The molecule has 7 nitrogen and oxygen atoms in total. The summed E-state index contributed by atoms with van der Waals surface area (Å²) < 4.78 is 0. The number of piperidine rings is 1. The molecule has 2 aliphatic heterocycles. The Hall–Kier alpha value is -3.48. The fraction of sp³-hybridized carbons (Fsp3) is 0.333. The van der Waals surface area contributed by atoms with Crippen LogP contribution < -0.4 is 4.90 Å². The van der Waals surface area contributed by atoms with E-state index in [4.69, 9.17) is 0 Å². The van der Waals surface area contributed by atoms with Crippen molar-refractivity contribution in [2.24, 2.45) is 5.92 Å². The molecule has 2 aromatic heterocycles. The number of fused-ring (bicyclic) bond motifs is 1. The molecule has 1 N–H and O–H groups in total. The Balaban J connectivity index is 1.23. The van der Waals surface area contributed by atoms with Gasteiger partial charge in [-0.25, -0.2) is 0 Å². The fourth-order valence-electron chi connectivity index (χ4n) is 4.70. The van der Waals surface area contributed by atoms with Crippen LogP contribution in [0.2, 0.25) is 0 Å². The van der Waals surface area contributed by atoms with Crippen molar-refractivity contribution < 1.29 is 9.59 Å². The molecular formula is C24H25N5O2. The maximum absolute atomic E-state index is 13.3. The van der Waals surface area contributed by atoms with E-state index in [1.807, 2.05) is 40.1 Å². The van der Waals surface area contributed by atoms with Gasteiger partial charge in [0, 0.05) is 48.7 Å². The highest BCUT2D eigenvalue weighted by molar-refractivity contribution is 5.98. The van der Waals surface area contributed by atoms with Crippen molar-refractivity contribution in [1.82, 2.24) is 20.1 Å². The number of nitrogens with one attached hydrogen (secondary N) is 1. The van der Waals surface area contributed by atoms with Crippen molar-refractivity contribution in [3.05, 3.63) is 66.1 Å². The molecule has 0 radical (unpaired) electrons. The Bertz CT molecular complexity index is 1100. The summed E-state index contributed by atoms with van der Waals surface area (Å²) in [7, 11) is 0. The highest BCUT2D eigenvalue weighted by Gasteiger charge is 2.36. The van der Waals surface area contributed by atoms with E-state index in [-0.39, 0.29) is 23.8 Å². The van der Waals surface area contributed by atoms with Gasteiger partial charge in [0.1, 0.15) is 5.69 Å². The number of carbonyl (C=O) groups is 2. The summed E-state index contributed by atoms with van der Waals surface area (Å²) in [4.78, 5) is 34.0. The molecule has 1 saturated heterocycles. The van der Waals surface area contributed by atoms with Crippen LogP contribution in [-0.2, 0) is 11.2 Å². The number of nitrogens with zero attached hydrogens (tertiary/aromatic N) is 4. The quantitative estimate of drug-likeness (QED) is 0.712. The lowest BCUT2D eigenvalue weighted by Crippen LogP contribution is -2.46. The number of likely N-dealkylation sites (tertiary alicyclic amines) is 1. The van der Waals surface area contributed by atoms with Gasteiger partial charge in [0.2, 0.25) is 5.91 Å². The lowest BCUT2D eigenvalue weighted by atomic mass is 9.94. The monoisotopic (exact) mass is 415 g/mol. The van der Waals surface area contributed by atoms with Gasteiger partial charge in [-0.05, 0) is 56.0 Å². The molecule has 1 unspecified atom stereocenters. The molecule has 0 spiro atoms. The molecule has 31 heavy (non-hydrogen) atoms. The van der Waals surface area contributed by atoms with Gasteiger partial charge < -0.3 is 9.80 Å². The van der Waals surface area contributed by atoms with Crippen LogP contribution in [0.1, 0.15) is 35.8 Å². The average Bonchev–Trinajstić information content (AvgIpc) is 3.43. The van der Waals surface area contributed by atoms with Crippen LogP contribution in [0.3, 0.4) is 0 Å². The lowest BCUT2D eigenvalue weighted by molar-refractivity contribution is -0.124. The predicted molar refractivity (Wildman–Crippen MR) is 118 cm³/mol. The minimum atomic E-state index is -0.0707. The van der Waals surface area contributed by atoms with Gasteiger partial charge in [-0.2, -0.15) is 5.10 Å². The standard InChI is InChI=1S/C24H25N5O2/c1-16-14-19-4-2-3-5-22(19)29(16)23(30)18-8-12-28(13-9-18)24(31)21-15-20(26-27-21)17-6-10-25-11-7-17/h2-7,10-11,15-16,18H,8-9,12-14H2,1H3,(H,26,27). The molecule has 0 aliphatic carbocycles. The third-order valence-electron chi connectivity index (χ3n) is 6.36.